The van der Waals surface area contributed by atoms with Gasteiger partial charge in [-0.2, -0.15) is 0 Å². The number of hydrogen-bond acceptors (Lipinski definition) is 4. The highest BCUT2D eigenvalue weighted by molar-refractivity contribution is 6.17. The molecule has 0 bridgehead atoms. The maximum absolute atomic E-state index is 12.0. The van der Waals surface area contributed by atoms with Gasteiger partial charge in [-0.25, -0.2) is 0 Å². The van der Waals surface area contributed by atoms with Gasteiger partial charge in [0.1, 0.15) is 6.61 Å². The molecule has 0 radical (unpaired) electrons. The highest BCUT2D eigenvalue weighted by Crippen LogP contribution is 2.16. The summed E-state index contributed by atoms with van der Waals surface area (Å²) in [5.41, 5.74) is -0.0598. The Kier molecular flexibility index (Phi) is 5.62. The van der Waals surface area contributed by atoms with E-state index in [1.165, 1.54) is 0 Å². The number of nitrogens with one attached hydrogen (secondary N) is 1. The smallest absolute Gasteiger partial charge is 0.273 e. The van der Waals surface area contributed by atoms with Crippen molar-refractivity contribution in [1.82, 2.24) is 10.5 Å². The van der Waals surface area contributed by atoms with Gasteiger partial charge in [-0.1, -0.05) is 12.1 Å². The van der Waals surface area contributed by atoms with Crippen LogP contribution in [0.4, 0.5) is 0 Å². The first-order chi connectivity index (χ1) is 8.54. The van der Waals surface area contributed by atoms with Crippen LogP contribution in [0.15, 0.2) is 10.6 Å². The normalized spacial score (nSPS) is 14.2. The molecule has 1 N–H and O–H groups in total. The standard InChI is InChI=1S/C12H19ClN2O3/c1-4-12(2,5-6-13)14-11(16)10-7-9(8-17-3)18-15-10/h7H,4-6,8H2,1-3H3,(H,14,16). The van der Waals surface area contributed by atoms with Crippen LogP contribution in [0.3, 0.4) is 0 Å². The Hall–Kier alpha value is -1.07. The first-order valence-corrected chi connectivity index (χ1v) is 6.41. The van der Waals surface area contributed by atoms with Crippen molar-refractivity contribution in [1.29, 1.82) is 0 Å². The van der Waals surface area contributed by atoms with Crippen LogP contribution in [-0.2, 0) is 11.3 Å². The van der Waals surface area contributed by atoms with E-state index >= 15 is 0 Å². The summed E-state index contributed by atoms with van der Waals surface area (Å²) in [4.78, 5) is 12.0. The topological polar surface area (TPSA) is 64.4 Å². The Labute approximate surface area is 112 Å². The van der Waals surface area contributed by atoms with Crippen LogP contribution in [0, 0.1) is 0 Å². The number of aromatic nitrogens is 1. The molecule has 0 aliphatic heterocycles. The largest absolute Gasteiger partial charge is 0.377 e. The van der Waals surface area contributed by atoms with Crippen LogP contribution in [-0.4, -0.2) is 29.6 Å². The number of methoxy groups -OCH3 is 1. The third kappa shape index (κ3) is 3.99. The van der Waals surface area contributed by atoms with E-state index in [2.05, 4.69) is 10.5 Å². The van der Waals surface area contributed by atoms with Crippen molar-refractivity contribution in [2.75, 3.05) is 13.0 Å². The highest BCUT2D eigenvalue weighted by atomic mass is 35.5. The third-order valence-electron chi connectivity index (χ3n) is 2.92. The molecule has 102 valence electrons. The number of halogens is 1. The van der Waals surface area contributed by atoms with Crippen LogP contribution in [0.5, 0.6) is 0 Å². The fraction of sp³-hybridized carbons (Fsp3) is 0.667. The van der Waals surface area contributed by atoms with Crippen molar-refractivity contribution < 1.29 is 14.1 Å². The van der Waals surface area contributed by atoms with E-state index in [1.807, 2.05) is 13.8 Å². The molecule has 0 fully saturated rings. The van der Waals surface area contributed by atoms with E-state index in [4.69, 9.17) is 20.9 Å². The predicted molar refractivity (Wildman–Crippen MR) is 68.7 cm³/mol. The van der Waals surface area contributed by atoms with Gasteiger partial charge in [0.15, 0.2) is 11.5 Å². The van der Waals surface area contributed by atoms with Gasteiger partial charge >= 0.3 is 0 Å². The highest BCUT2D eigenvalue weighted by Gasteiger charge is 2.25. The molecular formula is C12H19ClN2O3. The number of rotatable bonds is 7. The lowest BCUT2D eigenvalue weighted by Crippen LogP contribution is -2.46. The quantitative estimate of drug-likeness (QED) is 0.775. The fourth-order valence-corrected chi connectivity index (χ4v) is 1.92. The zero-order chi connectivity index (χ0) is 13.6. The van der Waals surface area contributed by atoms with Crippen LogP contribution in [0.25, 0.3) is 0 Å². The first-order valence-electron chi connectivity index (χ1n) is 5.87. The molecule has 18 heavy (non-hydrogen) atoms. The second kappa shape index (κ2) is 6.75. The monoisotopic (exact) mass is 274 g/mol. The van der Waals surface area contributed by atoms with Gasteiger partial charge < -0.3 is 14.6 Å². The van der Waals surface area contributed by atoms with Gasteiger partial charge in [0, 0.05) is 24.6 Å². The molecule has 1 unspecified atom stereocenters. The molecular weight excluding hydrogens is 256 g/mol. The zero-order valence-electron chi connectivity index (χ0n) is 11.0. The summed E-state index contributed by atoms with van der Waals surface area (Å²) < 4.78 is 9.87. The molecule has 1 aromatic rings. The minimum absolute atomic E-state index is 0.254. The van der Waals surface area contributed by atoms with E-state index in [-0.39, 0.29) is 17.1 Å². The second-order valence-corrected chi connectivity index (χ2v) is 4.80. The fourth-order valence-electron chi connectivity index (χ4n) is 1.50. The molecule has 0 saturated carbocycles. The summed E-state index contributed by atoms with van der Waals surface area (Å²) in [6.07, 6.45) is 1.51. The first kappa shape index (κ1) is 15.0. The van der Waals surface area contributed by atoms with E-state index in [0.717, 1.165) is 6.42 Å². The number of carbonyl (C=O) groups is 1. The van der Waals surface area contributed by atoms with E-state index in [0.29, 0.717) is 24.7 Å². The summed E-state index contributed by atoms with van der Waals surface area (Å²) >= 11 is 5.74. The SMILES string of the molecule is CCC(C)(CCCl)NC(=O)c1cc(COC)on1. The molecule has 1 rings (SSSR count). The minimum Gasteiger partial charge on any atom is -0.377 e. The zero-order valence-corrected chi connectivity index (χ0v) is 11.7. The molecule has 0 aromatic carbocycles. The van der Waals surface area contributed by atoms with Crippen LogP contribution in [0.2, 0.25) is 0 Å². The van der Waals surface area contributed by atoms with Crippen molar-refractivity contribution in [3.05, 3.63) is 17.5 Å². The van der Waals surface area contributed by atoms with Gasteiger partial charge in [-0.15, -0.1) is 11.6 Å². The average Bonchev–Trinajstić information content (AvgIpc) is 2.78. The Morgan fingerprint density at radius 2 is 2.39 bits per heavy atom. The summed E-state index contributed by atoms with van der Waals surface area (Å²) in [6.45, 7) is 4.27. The van der Waals surface area contributed by atoms with E-state index in [1.54, 1.807) is 13.2 Å². The lowest BCUT2D eigenvalue weighted by molar-refractivity contribution is 0.0891. The number of hydrogen-bond donors (Lipinski definition) is 1. The minimum atomic E-state index is -0.320. The third-order valence-corrected chi connectivity index (χ3v) is 3.11. The van der Waals surface area contributed by atoms with Gasteiger partial charge in [-0.05, 0) is 19.8 Å². The summed E-state index contributed by atoms with van der Waals surface area (Å²) in [6, 6.07) is 1.58. The Morgan fingerprint density at radius 1 is 1.67 bits per heavy atom. The Morgan fingerprint density at radius 3 is 2.94 bits per heavy atom. The average molecular weight is 275 g/mol. The molecule has 1 amide bonds. The Bertz CT molecular complexity index is 394. The molecule has 6 heteroatoms. The van der Waals surface area contributed by atoms with Crippen molar-refractivity contribution in [2.24, 2.45) is 0 Å². The van der Waals surface area contributed by atoms with Crippen LogP contribution < -0.4 is 5.32 Å². The molecule has 1 heterocycles. The summed E-state index contributed by atoms with van der Waals surface area (Å²) in [5.74, 6) is 0.770. The molecule has 0 aliphatic rings. The molecule has 0 saturated heterocycles. The molecule has 1 atom stereocenters. The lowest BCUT2D eigenvalue weighted by Gasteiger charge is -2.28. The van der Waals surface area contributed by atoms with Crippen LogP contribution in [0.1, 0.15) is 42.9 Å². The lowest BCUT2D eigenvalue weighted by atomic mass is 9.95. The van der Waals surface area contributed by atoms with E-state index < -0.39 is 0 Å². The van der Waals surface area contributed by atoms with Gasteiger partial charge in [0.25, 0.3) is 5.91 Å². The molecule has 5 nitrogen and oxygen atoms in total. The number of carbonyl (C=O) groups excluding carboxylic acids is 1. The summed E-state index contributed by atoms with van der Waals surface area (Å²) in [5, 5.41) is 6.64. The van der Waals surface area contributed by atoms with Crippen molar-refractivity contribution in [3.63, 3.8) is 0 Å². The van der Waals surface area contributed by atoms with Crippen LogP contribution >= 0.6 is 11.6 Å². The number of ether oxygens (including phenoxy) is 1. The molecule has 0 spiro atoms. The maximum Gasteiger partial charge on any atom is 0.273 e. The van der Waals surface area contributed by atoms with Gasteiger partial charge in [-0.3, -0.25) is 4.79 Å². The molecule has 1 aromatic heterocycles. The van der Waals surface area contributed by atoms with E-state index in [9.17, 15) is 4.79 Å². The Balaban J connectivity index is 2.68. The van der Waals surface area contributed by atoms with Crippen molar-refractivity contribution in [2.45, 2.75) is 38.8 Å². The summed E-state index contributed by atoms with van der Waals surface area (Å²) in [7, 11) is 1.55. The van der Waals surface area contributed by atoms with Gasteiger partial charge in [0.05, 0.1) is 0 Å². The predicted octanol–water partition coefficient (Wildman–Crippen LogP) is 2.35. The van der Waals surface area contributed by atoms with Gasteiger partial charge in [0.2, 0.25) is 0 Å². The second-order valence-electron chi connectivity index (χ2n) is 4.42. The van der Waals surface area contributed by atoms with Crippen molar-refractivity contribution >= 4 is 17.5 Å². The van der Waals surface area contributed by atoms with Crippen molar-refractivity contribution in [3.8, 4) is 0 Å². The molecule has 0 aliphatic carbocycles. The number of alkyl halides is 1. The maximum atomic E-state index is 12.0. The number of nitrogens with zero attached hydrogens (tertiary/aromatic N) is 1. The number of amides is 1.